The number of hydrogen-bond donors (Lipinski definition) is 1. The Morgan fingerprint density at radius 2 is 1.81 bits per heavy atom. The van der Waals surface area contributed by atoms with E-state index in [4.69, 9.17) is 21.1 Å². The molecule has 0 radical (unpaired) electrons. The van der Waals surface area contributed by atoms with Crippen LogP contribution in [0, 0.1) is 0 Å². The summed E-state index contributed by atoms with van der Waals surface area (Å²) in [7, 11) is 3.15. The zero-order chi connectivity index (χ0) is 19.4. The number of hydrogen-bond acceptors (Lipinski definition) is 4. The summed E-state index contributed by atoms with van der Waals surface area (Å²) in [5.74, 6) is 0.873. The summed E-state index contributed by atoms with van der Waals surface area (Å²) in [5, 5.41) is 9.47. The second-order valence-electron chi connectivity index (χ2n) is 5.88. The molecule has 0 aliphatic heterocycles. The zero-order valence-electron chi connectivity index (χ0n) is 15.0. The van der Waals surface area contributed by atoms with Gasteiger partial charge in [0, 0.05) is 12.1 Å². The minimum absolute atomic E-state index is 0.191. The number of aromatic nitrogens is 2. The molecule has 3 rings (SSSR count). The fourth-order valence-corrected chi connectivity index (χ4v) is 3.16. The molecule has 0 spiro atoms. The van der Waals surface area contributed by atoms with Crippen molar-refractivity contribution >= 4 is 17.6 Å². The van der Waals surface area contributed by atoms with Crippen LogP contribution in [-0.2, 0) is 17.8 Å². The lowest BCUT2D eigenvalue weighted by molar-refractivity contribution is -0.136. The first kappa shape index (κ1) is 18.8. The lowest BCUT2D eigenvalue weighted by atomic mass is 10.1. The van der Waals surface area contributed by atoms with Crippen LogP contribution in [0.5, 0.6) is 11.5 Å². The van der Waals surface area contributed by atoms with Gasteiger partial charge in [0.2, 0.25) is 0 Å². The van der Waals surface area contributed by atoms with Crippen LogP contribution < -0.4 is 9.47 Å². The Labute approximate surface area is 161 Å². The maximum atomic E-state index is 11.3. The van der Waals surface area contributed by atoms with Gasteiger partial charge in [-0.3, -0.25) is 4.79 Å². The topological polar surface area (TPSA) is 73.6 Å². The van der Waals surface area contributed by atoms with E-state index in [1.807, 2.05) is 53.1 Å². The van der Waals surface area contributed by atoms with E-state index >= 15 is 0 Å². The monoisotopic (exact) mass is 386 g/mol. The van der Waals surface area contributed by atoms with Crippen molar-refractivity contribution in [2.45, 2.75) is 13.0 Å². The van der Waals surface area contributed by atoms with Crippen LogP contribution in [0.4, 0.5) is 0 Å². The van der Waals surface area contributed by atoms with Crippen molar-refractivity contribution in [3.63, 3.8) is 0 Å². The van der Waals surface area contributed by atoms with Gasteiger partial charge >= 0.3 is 5.97 Å². The number of benzene rings is 2. The van der Waals surface area contributed by atoms with Gasteiger partial charge in [0.25, 0.3) is 0 Å². The second-order valence-corrected chi connectivity index (χ2v) is 6.24. The summed E-state index contributed by atoms with van der Waals surface area (Å²) >= 11 is 6.28. The average molecular weight is 387 g/mol. The quantitative estimate of drug-likeness (QED) is 0.666. The molecule has 1 aromatic heterocycles. The molecular formula is C20H19ClN2O4. The molecule has 1 N–H and O–H groups in total. The molecule has 0 saturated carbocycles. The van der Waals surface area contributed by atoms with Gasteiger partial charge in [0.05, 0.1) is 26.3 Å². The van der Waals surface area contributed by atoms with Crippen molar-refractivity contribution in [1.82, 2.24) is 9.55 Å². The first-order chi connectivity index (χ1) is 13.0. The number of imidazole rings is 1. The summed E-state index contributed by atoms with van der Waals surface area (Å²) < 4.78 is 12.5. The molecule has 140 valence electrons. The molecule has 0 fully saturated rings. The Hall–Kier alpha value is -2.99. The van der Waals surface area contributed by atoms with Crippen molar-refractivity contribution in [2.75, 3.05) is 14.2 Å². The zero-order valence-corrected chi connectivity index (χ0v) is 15.7. The number of halogens is 1. The van der Waals surface area contributed by atoms with Gasteiger partial charge in [-0.05, 0) is 17.7 Å². The van der Waals surface area contributed by atoms with Gasteiger partial charge < -0.3 is 19.1 Å². The number of rotatable bonds is 7. The molecule has 0 unspecified atom stereocenters. The van der Waals surface area contributed by atoms with E-state index in [-0.39, 0.29) is 11.6 Å². The highest BCUT2D eigenvalue weighted by Gasteiger charge is 2.20. The van der Waals surface area contributed by atoms with Crippen LogP contribution in [0.3, 0.4) is 0 Å². The third kappa shape index (κ3) is 4.06. The molecule has 0 aliphatic rings. The van der Waals surface area contributed by atoms with Crippen LogP contribution in [0.25, 0.3) is 11.4 Å². The third-order valence-corrected chi connectivity index (χ3v) is 4.47. The van der Waals surface area contributed by atoms with Crippen LogP contribution in [-0.4, -0.2) is 34.8 Å². The lowest BCUT2D eigenvalue weighted by Crippen LogP contribution is -2.11. The number of methoxy groups -OCH3 is 2. The number of aliphatic carboxylic acids is 1. The molecule has 0 amide bonds. The Bertz CT molecular complexity index is 954. The Kier molecular flexibility index (Phi) is 5.66. The summed E-state index contributed by atoms with van der Waals surface area (Å²) in [6, 6.07) is 15.1. The molecule has 3 aromatic rings. The lowest BCUT2D eigenvalue weighted by Gasteiger charge is -2.14. The number of carbonyl (C=O) groups is 1. The smallest absolute Gasteiger partial charge is 0.309 e. The molecular weight excluding hydrogens is 368 g/mol. The van der Waals surface area contributed by atoms with Crippen molar-refractivity contribution in [3.05, 3.63) is 64.9 Å². The number of carboxylic acid groups (broad SMARTS) is 1. The van der Waals surface area contributed by atoms with E-state index in [1.165, 1.54) is 0 Å². The largest absolute Gasteiger partial charge is 0.493 e. The maximum absolute atomic E-state index is 11.3. The second kappa shape index (κ2) is 8.14. The van der Waals surface area contributed by atoms with E-state index in [1.54, 1.807) is 14.2 Å². The third-order valence-electron chi connectivity index (χ3n) is 4.16. The SMILES string of the molecule is COc1ccc(Cn2c(-c3ccccc3)nc(Cl)c2CC(=O)O)cc1OC. The van der Waals surface area contributed by atoms with Crippen LogP contribution in [0.1, 0.15) is 11.3 Å². The number of ether oxygens (including phenoxy) is 2. The van der Waals surface area contributed by atoms with Crippen molar-refractivity contribution in [2.24, 2.45) is 0 Å². The van der Waals surface area contributed by atoms with Gasteiger partial charge in [-0.15, -0.1) is 0 Å². The molecule has 1 heterocycles. The highest BCUT2D eigenvalue weighted by Crippen LogP contribution is 2.31. The molecule has 6 nitrogen and oxygen atoms in total. The molecule has 0 aliphatic carbocycles. The first-order valence-corrected chi connectivity index (χ1v) is 8.64. The molecule has 27 heavy (non-hydrogen) atoms. The average Bonchev–Trinajstić information content (AvgIpc) is 2.97. The predicted molar refractivity (Wildman–Crippen MR) is 103 cm³/mol. The van der Waals surface area contributed by atoms with Crippen LogP contribution in [0.2, 0.25) is 5.15 Å². The Morgan fingerprint density at radius 1 is 1.11 bits per heavy atom. The van der Waals surface area contributed by atoms with E-state index < -0.39 is 5.97 Å². The Balaban J connectivity index is 2.08. The van der Waals surface area contributed by atoms with Gasteiger partial charge in [0.1, 0.15) is 5.82 Å². The highest BCUT2D eigenvalue weighted by atomic mass is 35.5. The van der Waals surface area contributed by atoms with E-state index in [0.29, 0.717) is 29.6 Å². The summed E-state index contributed by atoms with van der Waals surface area (Å²) in [4.78, 5) is 15.7. The number of nitrogens with zero attached hydrogens (tertiary/aromatic N) is 2. The van der Waals surface area contributed by atoms with Gasteiger partial charge in [-0.2, -0.15) is 0 Å². The van der Waals surface area contributed by atoms with Crippen molar-refractivity contribution in [3.8, 4) is 22.9 Å². The molecule has 0 atom stereocenters. The highest BCUT2D eigenvalue weighted by molar-refractivity contribution is 6.30. The predicted octanol–water partition coefficient (Wildman–Crippen LogP) is 3.90. The minimum Gasteiger partial charge on any atom is -0.493 e. The molecule has 2 aromatic carbocycles. The van der Waals surface area contributed by atoms with Crippen LogP contribution in [0.15, 0.2) is 48.5 Å². The number of carboxylic acids is 1. The summed E-state index contributed by atoms with van der Waals surface area (Å²) in [5.41, 5.74) is 2.22. The normalized spacial score (nSPS) is 10.6. The van der Waals surface area contributed by atoms with E-state index in [0.717, 1.165) is 11.1 Å². The van der Waals surface area contributed by atoms with Crippen molar-refractivity contribution in [1.29, 1.82) is 0 Å². The summed E-state index contributed by atoms with van der Waals surface area (Å²) in [6.07, 6.45) is -0.216. The molecule has 0 saturated heterocycles. The summed E-state index contributed by atoms with van der Waals surface area (Å²) in [6.45, 7) is 0.396. The minimum atomic E-state index is -0.968. The van der Waals surface area contributed by atoms with E-state index in [2.05, 4.69) is 4.98 Å². The van der Waals surface area contributed by atoms with Gasteiger partial charge in [-0.1, -0.05) is 48.0 Å². The fourth-order valence-electron chi connectivity index (χ4n) is 2.91. The van der Waals surface area contributed by atoms with Crippen molar-refractivity contribution < 1.29 is 19.4 Å². The maximum Gasteiger partial charge on any atom is 0.309 e. The fraction of sp³-hybridized carbons (Fsp3) is 0.200. The van der Waals surface area contributed by atoms with Crippen LogP contribution >= 0.6 is 11.6 Å². The molecule has 7 heteroatoms. The van der Waals surface area contributed by atoms with Gasteiger partial charge in [0.15, 0.2) is 16.7 Å². The van der Waals surface area contributed by atoms with Gasteiger partial charge in [-0.25, -0.2) is 4.98 Å². The first-order valence-electron chi connectivity index (χ1n) is 8.26. The Morgan fingerprint density at radius 3 is 2.44 bits per heavy atom. The molecule has 0 bridgehead atoms. The standard InChI is InChI=1S/C20H19ClN2O4/c1-26-16-9-8-13(10-17(16)27-2)12-23-15(11-18(24)25)19(21)22-20(23)14-6-4-3-5-7-14/h3-10H,11-12H2,1-2H3,(H,24,25). The van der Waals surface area contributed by atoms with E-state index in [9.17, 15) is 9.90 Å².